The van der Waals surface area contributed by atoms with Crippen LogP contribution in [0, 0.1) is 0 Å². The van der Waals surface area contributed by atoms with Crippen molar-refractivity contribution in [1.82, 2.24) is 19.6 Å². The van der Waals surface area contributed by atoms with E-state index < -0.39 is 5.97 Å². The molecule has 106 valence electrons. The maximum atomic E-state index is 12.0. The van der Waals surface area contributed by atoms with E-state index in [1.807, 2.05) is 37.3 Å². The maximum absolute atomic E-state index is 12.0. The topological polar surface area (TPSA) is 61.9 Å². The molecule has 0 unspecified atom stereocenters. The molecule has 3 rings (SSSR count). The summed E-state index contributed by atoms with van der Waals surface area (Å²) in [5.74, 6) is -0.0866. The van der Waals surface area contributed by atoms with Crippen molar-refractivity contribution in [3.8, 4) is 11.4 Å². The summed E-state index contributed by atoms with van der Waals surface area (Å²) < 4.78 is 8.55. The third-order valence-electron chi connectivity index (χ3n) is 2.96. The highest BCUT2D eigenvalue weighted by Crippen LogP contribution is 2.12. The van der Waals surface area contributed by atoms with Crippen LogP contribution in [0.5, 0.6) is 5.75 Å². The van der Waals surface area contributed by atoms with E-state index in [0.29, 0.717) is 5.75 Å². The van der Waals surface area contributed by atoms with Gasteiger partial charge in [-0.3, -0.25) is 4.68 Å². The highest BCUT2D eigenvalue weighted by molar-refractivity contribution is 5.88. The van der Waals surface area contributed by atoms with Gasteiger partial charge in [0.05, 0.1) is 18.1 Å². The van der Waals surface area contributed by atoms with E-state index in [-0.39, 0.29) is 5.69 Å². The Bertz CT molecular complexity index is 746. The minimum Gasteiger partial charge on any atom is -0.418 e. The number of nitrogens with zero attached hydrogens (tertiary/aromatic N) is 4. The van der Waals surface area contributed by atoms with E-state index in [4.69, 9.17) is 4.74 Å². The lowest BCUT2D eigenvalue weighted by Gasteiger charge is -2.00. The van der Waals surface area contributed by atoms with E-state index in [0.717, 1.165) is 12.2 Å². The Kier molecular flexibility index (Phi) is 3.51. The average Bonchev–Trinajstić information content (AvgIpc) is 3.17. The minimum absolute atomic E-state index is 0.253. The molecule has 21 heavy (non-hydrogen) atoms. The predicted octanol–water partition coefficient (Wildman–Crippen LogP) is 2.31. The van der Waals surface area contributed by atoms with Gasteiger partial charge >= 0.3 is 5.97 Å². The summed E-state index contributed by atoms with van der Waals surface area (Å²) in [5, 5.41) is 8.27. The summed E-state index contributed by atoms with van der Waals surface area (Å²) in [4.78, 5) is 12.0. The minimum atomic E-state index is -0.500. The molecule has 0 N–H and O–H groups in total. The molecule has 0 fully saturated rings. The maximum Gasteiger partial charge on any atom is 0.364 e. The number of rotatable bonds is 4. The molecule has 1 aromatic carbocycles. The molecule has 0 aliphatic rings. The van der Waals surface area contributed by atoms with Gasteiger partial charge in [-0.15, -0.1) is 0 Å². The predicted molar refractivity (Wildman–Crippen MR) is 76.4 cm³/mol. The van der Waals surface area contributed by atoms with Gasteiger partial charge in [-0.25, -0.2) is 9.48 Å². The first-order valence-corrected chi connectivity index (χ1v) is 6.62. The Morgan fingerprint density at radius 1 is 1.24 bits per heavy atom. The molecular weight excluding hydrogens is 268 g/mol. The number of carbonyl (C=O) groups excluding carboxylic acids is 1. The average molecular weight is 282 g/mol. The smallest absolute Gasteiger partial charge is 0.364 e. The van der Waals surface area contributed by atoms with Crippen LogP contribution in [0.15, 0.2) is 55.0 Å². The molecule has 0 saturated carbocycles. The van der Waals surface area contributed by atoms with Gasteiger partial charge in [0.1, 0.15) is 0 Å². The van der Waals surface area contributed by atoms with Crippen LogP contribution in [-0.4, -0.2) is 25.5 Å². The second kappa shape index (κ2) is 5.62. The van der Waals surface area contributed by atoms with E-state index >= 15 is 0 Å². The molecule has 2 heterocycles. The summed E-state index contributed by atoms with van der Waals surface area (Å²) in [6.45, 7) is 2.68. The SMILES string of the molecule is CCn1cc(OC(=O)c2ccn(-c3ccccc3)n2)cn1. The largest absolute Gasteiger partial charge is 0.418 e. The number of aryl methyl sites for hydroxylation is 1. The van der Waals surface area contributed by atoms with Crippen molar-refractivity contribution in [2.75, 3.05) is 0 Å². The standard InChI is InChI=1S/C15H14N4O2/c1-2-18-11-13(10-16-18)21-15(20)14-8-9-19(17-14)12-6-4-3-5-7-12/h3-11H,2H2,1H3. The van der Waals surface area contributed by atoms with Crippen LogP contribution in [0.2, 0.25) is 0 Å². The number of hydrogen-bond donors (Lipinski definition) is 0. The zero-order chi connectivity index (χ0) is 14.7. The summed E-state index contributed by atoms with van der Waals surface area (Å²) in [6, 6.07) is 11.2. The van der Waals surface area contributed by atoms with Crippen molar-refractivity contribution in [1.29, 1.82) is 0 Å². The zero-order valence-electron chi connectivity index (χ0n) is 11.5. The molecule has 0 atom stereocenters. The Hall–Kier alpha value is -2.89. The number of para-hydroxylation sites is 1. The van der Waals surface area contributed by atoms with E-state index in [9.17, 15) is 4.79 Å². The third-order valence-corrected chi connectivity index (χ3v) is 2.96. The number of ether oxygens (including phenoxy) is 1. The first kappa shape index (κ1) is 13.1. The normalized spacial score (nSPS) is 10.5. The lowest BCUT2D eigenvalue weighted by Crippen LogP contribution is -2.09. The number of hydrogen-bond acceptors (Lipinski definition) is 4. The van der Waals surface area contributed by atoms with Crippen molar-refractivity contribution in [3.63, 3.8) is 0 Å². The Morgan fingerprint density at radius 3 is 2.76 bits per heavy atom. The molecule has 6 nitrogen and oxygen atoms in total. The number of aromatic nitrogens is 4. The van der Waals surface area contributed by atoms with Gasteiger partial charge in [-0.1, -0.05) is 18.2 Å². The summed E-state index contributed by atoms with van der Waals surface area (Å²) in [6.07, 6.45) is 4.91. The summed E-state index contributed by atoms with van der Waals surface area (Å²) in [5.41, 5.74) is 1.14. The fourth-order valence-corrected chi connectivity index (χ4v) is 1.89. The quantitative estimate of drug-likeness (QED) is 0.689. The van der Waals surface area contributed by atoms with Crippen molar-refractivity contribution in [2.24, 2.45) is 0 Å². The second-order valence-corrected chi connectivity index (χ2v) is 4.40. The molecule has 3 aromatic rings. The molecule has 2 aromatic heterocycles. The highest BCUT2D eigenvalue weighted by atomic mass is 16.5. The van der Waals surface area contributed by atoms with Crippen LogP contribution in [0.4, 0.5) is 0 Å². The van der Waals surface area contributed by atoms with Gasteiger partial charge in [-0.2, -0.15) is 10.2 Å². The lowest BCUT2D eigenvalue weighted by molar-refractivity contribution is 0.0728. The van der Waals surface area contributed by atoms with Crippen LogP contribution in [0.25, 0.3) is 5.69 Å². The second-order valence-electron chi connectivity index (χ2n) is 4.40. The molecular formula is C15H14N4O2. The lowest BCUT2D eigenvalue weighted by atomic mass is 10.3. The van der Waals surface area contributed by atoms with Crippen LogP contribution >= 0.6 is 0 Å². The van der Waals surface area contributed by atoms with Gasteiger partial charge in [0.25, 0.3) is 0 Å². The van der Waals surface area contributed by atoms with Crippen LogP contribution in [0.1, 0.15) is 17.4 Å². The van der Waals surface area contributed by atoms with E-state index in [2.05, 4.69) is 10.2 Å². The van der Waals surface area contributed by atoms with Crippen LogP contribution < -0.4 is 4.74 Å². The van der Waals surface area contributed by atoms with Crippen molar-refractivity contribution >= 4 is 5.97 Å². The van der Waals surface area contributed by atoms with Crippen molar-refractivity contribution in [3.05, 3.63) is 60.7 Å². The number of benzene rings is 1. The van der Waals surface area contributed by atoms with Crippen LogP contribution in [-0.2, 0) is 6.54 Å². The van der Waals surface area contributed by atoms with Gasteiger partial charge < -0.3 is 4.74 Å². The van der Waals surface area contributed by atoms with E-state index in [1.165, 1.54) is 6.20 Å². The fraction of sp³-hybridized carbons (Fsp3) is 0.133. The zero-order valence-corrected chi connectivity index (χ0v) is 11.5. The fourth-order valence-electron chi connectivity index (χ4n) is 1.89. The Balaban J connectivity index is 1.75. The van der Waals surface area contributed by atoms with E-state index in [1.54, 1.807) is 27.8 Å². The molecule has 0 radical (unpaired) electrons. The Morgan fingerprint density at radius 2 is 2.05 bits per heavy atom. The van der Waals surface area contributed by atoms with Crippen molar-refractivity contribution in [2.45, 2.75) is 13.5 Å². The monoisotopic (exact) mass is 282 g/mol. The van der Waals surface area contributed by atoms with Gasteiger partial charge in [-0.05, 0) is 25.1 Å². The molecule has 0 spiro atoms. The molecule has 0 bridgehead atoms. The van der Waals surface area contributed by atoms with Gasteiger partial charge in [0.15, 0.2) is 11.4 Å². The summed E-state index contributed by atoms with van der Waals surface area (Å²) in [7, 11) is 0. The molecule has 0 saturated heterocycles. The molecule has 0 aliphatic heterocycles. The third kappa shape index (κ3) is 2.84. The molecule has 0 aliphatic carbocycles. The molecule has 0 amide bonds. The summed E-state index contributed by atoms with van der Waals surface area (Å²) >= 11 is 0. The number of esters is 1. The van der Waals surface area contributed by atoms with Gasteiger partial charge in [0, 0.05) is 12.7 Å². The first-order valence-electron chi connectivity index (χ1n) is 6.62. The van der Waals surface area contributed by atoms with Crippen molar-refractivity contribution < 1.29 is 9.53 Å². The molecule has 6 heteroatoms. The Labute approximate surface area is 121 Å². The number of carbonyl (C=O) groups is 1. The highest BCUT2D eigenvalue weighted by Gasteiger charge is 2.13. The van der Waals surface area contributed by atoms with Crippen LogP contribution in [0.3, 0.4) is 0 Å². The first-order chi connectivity index (χ1) is 10.3. The van der Waals surface area contributed by atoms with Gasteiger partial charge in [0.2, 0.25) is 0 Å².